The molecule has 1 saturated carbocycles. The van der Waals surface area contributed by atoms with Gasteiger partial charge in [-0.1, -0.05) is 30.3 Å². The average molecular weight is 258 g/mol. The Morgan fingerprint density at radius 1 is 1.16 bits per heavy atom. The lowest BCUT2D eigenvalue weighted by Crippen LogP contribution is -2.65. The number of piperazine rings is 1. The molecule has 1 aromatic rings. The first-order chi connectivity index (χ1) is 9.20. The van der Waals surface area contributed by atoms with Gasteiger partial charge in [0.05, 0.1) is 12.0 Å². The van der Waals surface area contributed by atoms with E-state index in [0.717, 1.165) is 25.2 Å². The lowest BCUT2D eigenvalue weighted by molar-refractivity contribution is -0.152. The van der Waals surface area contributed by atoms with E-state index < -0.39 is 0 Å². The number of ketones is 2. The van der Waals surface area contributed by atoms with Crippen LogP contribution in [-0.4, -0.2) is 48.2 Å². The molecule has 3 unspecified atom stereocenters. The first-order valence-electron chi connectivity index (χ1n) is 6.79. The summed E-state index contributed by atoms with van der Waals surface area (Å²) in [5, 5.41) is 3.31. The van der Waals surface area contributed by atoms with E-state index in [1.165, 1.54) is 0 Å². The summed E-state index contributed by atoms with van der Waals surface area (Å²) in [7, 11) is 0. The van der Waals surface area contributed by atoms with Crippen LogP contribution in [0.25, 0.3) is 0 Å². The van der Waals surface area contributed by atoms with Crippen molar-refractivity contribution in [3.8, 4) is 0 Å². The molecule has 1 aliphatic carbocycles. The highest BCUT2D eigenvalue weighted by molar-refractivity contribution is 6.49. The van der Waals surface area contributed by atoms with Gasteiger partial charge in [-0.15, -0.1) is 0 Å². The maximum atomic E-state index is 12.0. The van der Waals surface area contributed by atoms with Gasteiger partial charge in [0.15, 0.2) is 0 Å². The molecule has 0 spiro atoms. The molecule has 19 heavy (non-hydrogen) atoms. The van der Waals surface area contributed by atoms with Crippen LogP contribution in [0.3, 0.4) is 0 Å². The Labute approximate surface area is 112 Å². The summed E-state index contributed by atoms with van der Waals surface area (Å²) in [4.78, 5) is 26.1. The van der Waals surface area contributed by atoms with Crippen LogP contribution in [0.4, 0.5) is 0 Å². The molecule has 2 aliphatic rings. The molecule has 1 heterocycles. The molecule has 0 amide bonds. The number of hydrogen-bond acceptors (Lipinski definition) is 4. The predicted molar refractivity (Wildman–Crippen MR) is 72.0 cm³/mol. The second-order valence-electron chi connectivity index (χ2n) is 5.35. The van der Waals surface area contributed by atoms with Crippen molar-refractivity contribution in [3.05, 3.63) is 35.9 Å². The van der Waals surface area contributed by atoms with Crippen LogP contribution in [0.2, 0.25) is 0 Å². The predicted octanol–water partition coefficient (Wildman–Crippen LogP) is 0.584. The minimum atomic E-state index is -0.269. The molecule has 0 aromatic heterocycles. The molecule has 3 atom stereocenters. The van der Waals surface area contributed by atoms with Gasteiger partial charge in [-0.3, -0.25) is 14.5 Å². The Bertz CT molecular complexity index is 500. The zero-order valence-corrected chi connectivity index (χ0v) is 11.0. The third-order valence-electron chi connectivity index (χ3n) is 4.18. The Morgan fingerprint density at radius 2 is 1.89 bits per heavy atom. The summed E-state index contributed by atoms with van der Waals surface area (Å²) in [6, 6.07) is 9.68. The van der Waals surface area contributed by atoms with Gasteiger partial charge in [0.25, 0.3) is 0 Å². The number of nitrogens with zero attached hydrogens (tertiary/aromatic N) is 1. The second kappa shape index (κ2) is 4.87. The fraction of sp³-hybridized carbons (Fsp3) is 0.467. The first kappa shape index (κ1) is 12.5. The quantitative estimate of drug-likeness (QED) is 0.789. The number of hydrogen-bond donors (Lipinski definition) is 1. The molecule has 3 rings (SSSR count). The van der Waals surface area contributed by atoms with E-state index in [0.29, 0.717) is 6.04 Å². The van der Waals surface area contributed by atoms with Gasteiger partial charge >= 0.3 is 0 Å². The minimum absolute atomic E-state index is 0.220. The zero-order valence-electron chi connectivity index (χ0n) is 11.0. The van der Waals surface area contributed by atoms with E-state index in [9.17, 15) is 9.59 Å². The molecular weight excluding hydrogens is 240 g/mol. The van der Waals surface area contributed by atoms with Gasteiger partial charge in [0, 0.05) is 25.7 Å². The highest BCUT2D eigenvalue weighted by Crippen LogP contribution is 2.35. The van der Waals surface area contributed by atoms with Crippen molar-refractivity contribution in [3.63, 3.8) is 0 Å². The molecule has 1 saturated heterocycles. The van der Waals surface area contributed by atoms with Crippen LogP contribution in [0, 0.1) is 0 Å². The first-order valence-corrected chi connectivity index (χ1v) is 6.79. The van der Waals surface area contributed by atoms with Gasteiger partial charge < -0.3 is 5.32 Å². The average Bonchev–Trinajstić information content (AvgIpc) is 2.46. The smallest absolute Gasteiger partial charge is 0.217 e. The topological polar surface area (TPSA) is 49.4 Å². The van der Waals surface area contributed by atoms with Gasteiger partial charge in [-0.25, -0.2) is 0 Å². The van der Waals surface area contributed by atoms with Crippen LogP contribution < -0.4 is 5.32 Å². The van der Waals surface area contributed by atoms with Crippen LogP contribution >= 0.6 is 0 Å². The third-order valence-corrected chi connectivity index (χ3v) is 4.18. The van der Waals surface area contributed by atoms with E-state index in [-0.39, 0.29) is 23.5 Å². The highest BCUT2D eigenvalue weighted by Gasteiger charge is 2.53. The Morgan fingerprint density at radius 3 is 2.58 bits per heavy atom. The van der Waals surface area contributed by atoms with E-state index in [1.807, 2.05) is 30.3 Å². The van der Waals surface area contributed by atoms with E-state index in [4.69, 9.17) is 0 Å². The van der Waals surface area contributed by atoms with Crippen molar-refractivity contribution in [2.75, 3.05) is 19.6 Å². The number of carbonyl (C=O) groups excluding carboxylic acids is 2. The van der Waals surface area contributed by atoms with Gasteiger partial charge in [-0.2, -0.15) is 0 Å². The standard InChI is InChI=1S/C15H18N2O2/c1-10-9-16-7-8-17(10)13-12(14(18)15(13)19)11-5-3-2-4-6-11/h2-6,10,12-13,16H,7-9H2,1H3. The second-order valence-corrected chi connectivity index (χ2v) is 5.35. The third kappa shape index (κ3) is 2.01. The number of rotatable bonds is 2. The SMILES string of the molecule is CC1CNCCN1C1C(=O)C(=O)C1c1ccccc1. The Kier molecular flexibility index (Phi) is 3.21. The molecule has 1 aromatic carbocycles. The molecular formula is C15H18N2O2. The molecule has 1 aliphatic heterocycles. The normalized spacial score (nSPS) is 32.2. The van der Waals surface area contributed by atoms with Gasteiger partial charge in [-0.05, 0) is 12.5 Å². The maximum absolute atomic E-state index is 12.0. The molecule has 2 fully saturated rings. The maximum Gasteiger partial charge on any atom is 0.217 e. The van der Waals surface area contributed by atoms with E-state index >= 15 is 0 Å². The molecule has 100 valence electrons. The van der Waals surface area contributed by atoms with Gasteiger partial charge in [0.2, 0.25) is 11.6 Å². The van der Waals surface area contributed by atoms with E-state index in [2.05, 4.69) is 17.1 Å². The summed E-state index contributed by atoms with van der Waals surface area (Å²) in [5.41, 5.74) is 0.961. The van der Waals surface area contributed by atoms with Gasteiger partial charge in [0.1, 0.15) is 0 Å². The van der Waals surface area contributed by atoms with Crippen LogP contribution in [0.5, 0.6) is 0 Å². The van der Waals surface area contributed by atoms with Crippen molar-refractivity contribution in [2.24, 2.45) is 0 Å². The van der Waals surface area contributed by atoms with E-state index in [1.54, 1.807) is 0 Å². The minimum Gasteiger partial charge on any atom is -0.314 e. The summed E-state index contributed by atoms with van der Waals surface area (Å²) in [6.45, 7) is 4.68. The van der Waals surface area contributed by atoms with Crippen molar-refractivity contribution < 1.29 is 9.59 Å². The monoisotopic (exact) mass is 258 g/mol. The van der Waals surface area contributed by atoms with Crippen LogP contribution in [-0.2, 0) is 9.59 Å². The lowest BCUT2D eigenvalue weighted by Gasteiger charge is -2.46. The molecule has 4 heteroatoms. The summed E-state index contributed by atoms with van der Waals surface area (Å²) < 4.78 is 0. The van der Waals surface area contributed by atoms with Crippen LogP contribution in [0.15, 0.2) is 30.3 Å². The van der Waals surface area contributed by atoms with Crippen molar-refractivity contribution >= 4 is 11.6 Å². The number of nitrogens with one attached hydrogen (secondary N) is 1. The number of carbonyl (C=O) groups is 2. The largest absolute Gasteiger partial charge is 0.314 e. The van der Waals surface area contributed by atoms with Crippen molar-refractivity contribution in [2.45, 2.75) is 24.9 Å². The number of benzene rings is 1. The highest BCUT2D eigenvalue weighted by atomic mass is 16.2. The molecule has 1 N–H and O–H groups in total. The molecule has 0 bridgehead atoms. The lowest BCUT2D eigenvalue weighted by atomic mass is 9.71. The fourth-order valence-electron chi connectivity index (χ4n) is 3.10. The summed E-state index contributed by atoms with van der Waals surface area (Å²) in [5.74, 6) is -0.723. The van der Waals surface area contributed by atoms with Crippen molar-refractivity contribution in [1.82, 2.24) is 10.2 Å². The summed E-state index contributed by atoms with van der Waals surface area (Å²) in [6.07, 6.45) is 0. The summed E-state index contributed by atoms with van der Waals surface area (Å²) >= 11 is 0. The Balaban J connectivity index is 1.87. The molecule has 4 nitrogen and oxygen atoms in total. The Hall–Kier alpha value is -1.52. The fourth-order valence-corrected chi connectivity index (χ4v) is 3.10. The van der Waals surface area contributed by atoms with Crippen molar-refractivity contribution in [1.29, 1.82) is 0 Å². The van der Waals surface area contributed by atoms with Crippen LogP contribution in [0.1, 0.15) is 18.4 Å². The number of Topliss-reactive ketones (excluding diaryl/α,β-unsaturated/α-hetero) is 2. The zero-order chi connectivity index (χ0) is 13.4. The molecule has 0 radical (unpaired) electrons.